The highest BCUT2D eigenvalue weighted by Crippen LogP contribution is 2.29. The Morgan fingerprint density at radius 2 is 1.92 bits per heavy atom. The van der Waals surface area contributed by atoms with Gasteiger partial charge in [-0.1, -0.05) is 0 Å². The molecule has 0 fully saturated rings. The van der Waals surface area contributed by atoms with Crippen molar-refractivity contribution in [1.29, 1.82) is 0 Å². The summed E-state index contributed by atoms with van der Waals surface area (Å²) in [5, 5.41) is 2.58. The molecule has 0 aliphatic carbocycles. The number of rotatable bonds is 5. The zero-order valence-electron chi connectivity index (χ0n) is 12.8. The maximum absolute atomic E-state index is 13.3. The summed E-state index contributed by atoms with van der Waals surface area (Å²) < 4.78 is 43.9. The highest BCUT2D eigenvalue weighted by atomic mass is 79.9. The summed E-state index contributed by atoms with van der Waals surface area (Å²) in [7, 11) is -2.13. The maximum Gasteiger partial charge on any atom is 0.256 e. The van der Waals surface area contributed by atoms with Crippen LogP contribution >= 0.6 is 15.9 Å². The number of halogens is 2. The number of sulfonamides is 1. The Morgan fingerprint density at radius 3 is 2.54 bits per heavy atom. The molecule has 2 aromatic carbocycles. The smallest absolute Gasteiger partial charge is 0.256 e. The lowest BCUT2D eigenvalue weighted by Gasteiger charge is -2.13. The number of carbonyl (C=O) groups excluding carboxylic acids is 1. The van der Waals surface area contributed by atoms with E-state index in [1.165, 1.54) is 37.4 Å². The van der Waals surface area contributed by atoms with Crippen LogP contribution in [0.4, 0.5) is 15.8 Å². The molecule has 128 valence electrons. The average Bonchev–Trinajstić information content (AvgIpc) is 2.48. The van der Waals surface area contributed by atoms with E-state index in [1.807, 2.05) is 0 Å². The van der Waals surface area contributed by atoms with Gasteiger partial charge in [-0.05, 0) is 52.3 Å². The number of amides is 1. The zero-order valence-corrected chi connectivity index (χ0v) is 15.2. The molecule has 6 nitrogen and oxygen atoms in total. The summed E-state index contributed by atoms with van der Waals surface area (Å²) in [5.74, 6) is -0.792. The first-order valence-electron chi connectivity index (χ1n) is 6.62. The van der Waals surface area contributed by atoms with Crippen molar-refractivity contribution in [3.63, 3.8) is 0 Å². The second-order valence-electron chi connectivity index (χ2n) is 4.87. The molecule has 1 amide bonds. The topological polar surface area (TPSA) is 84.5 Å². The normalized spacial score (nSPS) is 11.0. The molecule has 2 aromatic rings. The van der Waals surface area contributed by atoms with E-state index in [9.17, 15) is 17.6 Å². The standard InChI is InChI=1S/C15H14BrFN2O4S/c1-23-14-6-4-10(8-13(14)19-24(2,21)22)18-15(20)11-7-9(17)3-5-12(11)16/h3-8,19H,1-2H3,(H,18,20). The van der Waals surface area contributed by atoms with E-state index < -0.39 is 21.7 Å². The van der Waals surface area contributed by atoms with E-state index in [4.69, 9.17) is 4.74 Å². The molecule has 2 N–H and O–H groups in total. The number of anilines is 2. The van der Waals surface area contributed by atoms with Gasteiger partial charge in [0, 0.05) is 10.2 Å². The van der Waals surface area contributed by atoms with E-state index in [0.717, 1.165) is 12.3 Å². The largest absolute Gasteiger partial charge is 0.495 e. The minimum absolute atomic E-state index is 0.114. The number of benzene rings is 2. The van der Waals surface area contributed by atoms with Crippen LogP contribution in [0.2, 0.25) is 0 Å². The van der Waals surface area contributed by atoms with Crippen molar-refractivity contribution in [1.82, 2.24) is 0 Å². The first-order chi connectivity index (χ1) is 11.2. The van der Waals surface area contributed by atoms with Crippen LogP contribution in [0.3, 0.4) is 0 Å². The summed E-state index contributed by atoms with van der Waals surface area (Å²) in [6.07, 6.45) is 1.00. The monoisotopic (exact) mass is 416 g/mol. The van der Waals surface area contributed by atoms with E-state index in [0.29, 0.717) is 15.9 Å². The van der Waals surface area contributed by atoms with Crippen molar-refractivity contribution in [3.05, 3.63) is 52.3 Å². The molecule has 0 bridgehead atoms. The Hall–Kier alpha value is -2.13. The SMILES string of the molecule is COc1ccc(NC(=O)c2cc(F)ccc2Br)cc1NS(C)(=O)=O. The predicted molar refractivity (Wildman–Crippen MR) is 93.5 cm³/mol. The minimum atomic E-state index is -3.52. The van der Waals surface area contributed by atoms with Crippen molar-refractivity contribution < 1.29 is 22.3 Å². The van der Waals surface area contributed by atoms with Crippen LogP contribution in [0.25, 0.3) is 0 Å². The number of nitrogens with one attached hydrogen (secondary N) is 2. The lowest BCUT2D eigenvalue weighted by atomic mass is 10.2. The summed E-state index contributed by atoms with van der Waals surface area (Å²) in [6.45, 7) is 0. The molecule has 2 rings (SSSR count). The zero-order chi connectivity index (χ0) is 17.9. The Kier molecular flexibility index (Phi) is 5.45. The van der Waals surface area contributed by atoms with Crippen LogP contribution in [-0.2, 0) is 10.0 Å². The number of ether oxygens (including phenoxy) is 1. The predicted octanol–water partition coefficient (Wildman–Crippen LogP) is 3.22. The Balaban J connectivity index is 2.31. The van der Waals surface area contributed by atoms with Crippen molar-refractivity contribution >= 4 is 43.2 Å². The third kappa shape index (κ3) is 4.68. The van der Waals surface area contributed by atoms with Crippen molar-refractivity contribution in [2.75, 3.05) is 23.4 Å². The van der Waals surface area contributed by atoms with E-state index in [1.54, 1.807) is 0 Å². The molecular weight excluding hydrogens is 403 g/mol. The first kappa shape index (κ1) is 18.2. The van der Waals surface area contributed by atoms with E-state index in [-0.39, 0.29) is 11.3 Å². The third-order valence-corrected chi connectivity index (χ3v) is 4.21. The highest BCUT2D eigenvalue weighted by Gasteiger charge is 2.14. The van der Waals surface area contributed by atoms with Crippen LogP contribution in [0.15, 0.2) is 40.9 Å². The number of hydrogen-bond donors (Lipinski definition) is 2. The van der Waals surface area contributed by atoms with Crippen LogP contribution in [0.1, 0.15) is 10.4 Å². The first-order valence-corrected chi connectivity index (χ1v) is 9.30. The molecule has 0 atom stereocenters. The fourth-order valence-corrected chi connectivity index (χ4v) is 2.92. The van der Waals surface area contributed by atoms with Gasteiger partial charge < -0.3 is 10.1 Å². The minimum Gasteiger partial charge on any atom is -0.495 e. The summed E-state index contributed by atoms with van der Waals surface area (Å²) in [5.41, 5.74) is 0.614. The molecule has 0 aliphatic heterocycles. The average molecular weight is 417 g/mol. The van der Waals surface area contributed by atoms with Gasteiger partial charge >= 0.3 is 0 Å². The van der Waals surface area contributed by atoms with Gasteiger partial charge in [-0.15, -0.1) is 0 Å². The van der Waals surface area contributed by atoms with Gasteiger partial charge in [0.15, 0.2) is 0 Å². The van der Waals surface area contributed by atoms with Crippen molar-refractivity contribution in [2.45, 2.75) is 0 Å². The molecule has 0 aromatic heterocycles. The third-order valence-electron chi connectivity index (χ3n) is 2.93. The lowest BCUT2D eigenvalue weighted by Crippen LogP contribution is -2.14. The van der Waals surface area contributed by atoms with Gasteiger partial charge in [0.05, 0.1) is 24.6 Å². The summed E-state index contributed by atoms with van der Waals surface area (Å²) in [6, 6.07) is 8.20. The fourth-order valence-electron chi connectivity index (χ4n) is 1.94. The lowest BCUT2D eigenvalue weighted by molar-refractivity contribution is 0.102. The molecule has 0 unspecified atom stereocenters. The fraction of sp³-hybridized carbons (Fsp3) is 0.133. The number of methoxy groups -OCH3 is 1. The highest BCUT2D eigenvalue weighted by molar-refractivity contribution is 9.10. The maximum atomic E-state index is 13.3. The van der Waals surface area contributed by atoms with Crippen molar-refractivity contribution in [3.8, 4) is 5.75 Å². The quantitative estimate of drug-likeness (QED) is 0.783. The van der Waals surface area contributed by atoms with Gasteiger partial charge in [-0.2, -0.15) is 0 Å². The molecule has 0 saturated heterocycles. The van der Waals surface area contributed by atoms with Gasteiger partial charge in [-0.25, -0.2) is 12.8 Å². The van der Waals surface area contributed by atoms with Gasteiger partial charge in [0.2, 0.25) is 10.0 Å². The van der Waals surface area contributed by atoms with Gasteiger partial charge in [0.1, 0.15) is 11.6 Å². The van der Waals surface area contributed by atoms with Crippen LogP contribution in [0.5, 0.6) is 5.75 Å². The van der Waals surface area contributed by atoms with Crippen LogP contribution < -0.4 is 14.8 Å². The molecule has 0 saturated carbocycles. The van der Waals surface area contributed by atoms with Crippen LogP contribution in [-0.4, -0.2) is 27.7 Å². The number of carbonyl (C=O) groups is 1. The molecule has 0 heterocycles. The molecule has 24 heavy (non-hydrogen) atoms. The molecule has 0 radical (unpaired) electrons. The van der Waals surface area contributed by atoms with Crippen LogP contribution in [0, 0.1) is 5.82 Å². The Bertz CT molecular complexity index is 887. The van der Waals surface area contributed by atoms with Crippen molar-refractivity contribution in [2.24, 2.45) is 0 Å². The second kappa shape index (κ2) is 7.18. The Labute approximate surface area is 147 Å². The Morgan fingerprint density at radius 1 is 1.21 bits per heavy atom. The number of hydrogen-bond acceptors (Lipinski definition) is 4. The van der Waals surface area contributed by atoms with Gasteiger partial charge in [0.25, 0.3) is 5.91 Å². The molecule has 9 heteroatoms. The molecular formula is C15H14BrFN2O4S. The molecule has 0 spiro atoms. The van der Waals surface area contributed by atoms with E-state index in [2.05, 4.69) is 26.0 Å². The van der Waals surface area contributed by atoms with E-state index >= 15 is 0 Å². The second-order valence-corrected chi connectivity index (χ2v) is 7.47. The molecule has 0 aliphatic rings. The summed E-state index contributed by atoms with van der Waals surface area (Å²) in [4.78, 5) is 12.3. The summed E-state index contributed by atoms with van der Waals surface area (Å²) >= 11 is 3.18. The van der Waals surface area contributed by atoms with Gasteiger partial charge in [-0.3, -0.25) is 9.52 Å².